The van der Waals surface area contributed by atoms with Crippen LogP contribution >= 0.6 is 11.6 Å². The molecule has 0 saturated heterocycles. The van der Waals surface area contributed by atoms with Crippen molar-refractivity contribution < 1.29 is 14.3 Å². The predicted molar refractivity (Wildman–Crippen MR) is 102 cm³/mol. The molecule has 0 heterocycles. The highest BCUT2D eigenvalue weighted by Gasteiger charge is 2.13. The Balaban J connectivity index is 2.20. The third-order valence-corrected chi connectivity index (χ3v) is 3.82. The lowest BCUT2D eigenvalue weighted by molar-refractivity contribution is -0.112. The van der Waals surface area contributed by atoms with Crippen LogP contribution in [0.25, 0.3) is 0 Å². The molecule has 0 saturated carbocycles. The van der Waals surface area contributed by atoms with Crippen molar-refractivity contribution in [2.45, 2.75) is 6.92 Å². The molecule has 6 nitrogen and oxygen atoms in total. The van der Waals surface area contributed by atoms with Crippen LogP contribution in [0, 0.1) is 18.3 Å². The van der Waals surface area contributed by atoms with E-state index < -0.39 is 5.91 Å². The minimum atomic E-state index is -0.571. The average molecular weight is 372 g/mol. The van der Waals surface area contributed by atoms with Crippen LogP contribution in [-0.2, 0) is 4.79 Å². The molecule has 2 aromatic carbocycles. The topological polar surface area (TPSA) is 83.4 Å². The Morgan fingerprint density at radius 1 is 1.15 bits per heavy atom. The van der Waals surface area contributed by atoms with Crippen LogP contribution in [0.4, 0.5) is 11.4 Å². The highest BCUT2D eigenvalue weighted by Crippen LogP contribution is 2.29. The smallest absolute Gasteiger partial charge is 0.267 e. The van der Waals surface area contributed by atoms with Crippen LogP contribution in [0.5, 0.6) is 11.5 Å². The number of carbonyl (C=O) groups is 1. The van der Waals surface area contributed by atoms with Crippen LogP contribution in [0.3, 0.4) is 0 Å². The standard InChI is InChI=1S/C19H18ClN3O3/c1-12-8-14(20)4-6-16(12)22-11-13(10-21)19(24)23-17-9-15(25-2)5-7-18(17)26-3/h4-9,11,22H,1-3H3,(H,23,24)/b13-11-. The van der Waals surface area contributed by atoms with E-state index in [4.69, 9.17) is 21.1 Å². The molecule has 7 heteroatoms. The Morgan fingerprint density at radius 2 is 1.92 bits per heavy atom. The molecule has 0 aliphatic rings. The molecule has 2 aromatic rings. The van der Waals surface area contributed by atoms with Crippen molar-refractivity contribution in [3.8, 4) is 17.6 Å². The Labute approximate surface area is 157 Å². The van der Waals surface area contributed by atoms with Gasteiger partial charge in [-0.05, 0) is 42.8 Å². The van der Waals surface area contributed by atoms with E-state index in [0.717, 1.165) is 11.3 Å². The molecule has 0 fully saturated rings. The van der Waals surface area contributed by atoms with Crippen molar-refractivity contribution in [1.29, 1.82) is 5.26 Å². The maximum absolute atomic E-state index is 12.4. The highest BCUT2D eigenvalue weighted by atomic mass is 35.5. The van der Waals surface area contributed by atoms with Gasteiger partial charge in [-0.25, -0.2) is 0 Å². The quantitative estimate of drug-likeness (QED) is 0.589. The molecule has 1 amide bonds. The first kappa shape index (κ1) is 19.2. The van der Waals surface area contributed by atoms with Crippen LogP contribution in [-0.4, -0.2) is 20.1 Å². The van der Waals surface area contributed by atoms with Gasteiger partial charge in [0.15, 0.2) is 0 Å². The minimum Gasteiger partial charge on any atom is -0.497 e. The van der Waals surface area contributed by atoms with Gasteiger partial charge in [0.2, 0.25) is 0 Å². The van der Waals surface area contributed by atoms with Gasteiger partial charge in [0.1, 0.15) is 23.1 Å². The van der Waals surface area contributed by atoms with Gasteiger partial charge in [-0.2, -0.15) is 5.26 Å². The van der Waals surface area contributed by atoms with Crippen molar-refractivity contribution in [3.05, 3.63) is 58.8 Å². The molecule has 0 bridgehead atoms. The lowest BCUT2D eigenvalue weighted by atomic mass is 10.2. The summed E-state index contributed by atoms with van der Waals surface area (Å²) in [5.41, 5.74) is 1.94. The van der Waals surface area contributed by atoms with E-state index in [9.17, 15) is 10.1 Å². The Bertz CT molecular complexity index is 888. The van der Waals surface area contributed by atoms with Crippen LogP contribution < -0.4 is 20.1 Å². The molecule has 2 N–H and O–H groups in total. The Kier molecular flexibility index (Phi) is 6.48. The summed E-state index contributed by atoms with van der Waals surface area (Å²) in [6, 6.07) is 12.1. The first-order valence-corrected chi connectivity index (χ1v) is 8.02. The zero-order valence-corrected chi connectivity index (χ0v) is 15.3. The van der Waals surface area contributed by atoms with E-state index in [1.165, 1.54) is 20.4 Å². The van der Waals surface area contributed by atoms with E-state index in [1.807, 2.05) is 13.0 Å². The first-order chi connectivity index (χ1) is 12.5. The lowest BCUT2D eigenvalue weighted by Gasteiger charge is -2.11. The van der Waals surface area contributed by atoms with E-state index in [1.54, 1.807) is 36.4 Å². The van der Waals surface area contributed by atoms with E-state index in [-0.39, 0.29) is 5.57 Å². The third kappa shape index (κ3) is 4.68. The van der Waals surface area contributed by atoms with Crippen molar-refractivity contribution in [2.75, 3.05) is 24.9 Å². The van der Waals surface area contributed by atoms with Gasteiger partial charge in [0.25, 0.3) is 5.91 Å². The number of carbonyl (C=O) groups excluding carboxylic acids is 1. The number of benzene rings is 2. The number of nitrogens with zero attached hydrogens (tertiary/aromatic N) is 1. The molecule has 134 valence electrons. The fourth-order valence-corrected chi connectivity index (χ4v) is 2.42. The molecular weight excluding hydrogens is 354 g/mol. The van der Waals surface area contributed by atoms with E-state index in [0.29, 0.717) is 22.2 Å². The summed E-state index contributed by atoms with van der Waals surface area (Å²) in [6.45, 7) is 1.87. The number of hydrogen-bond acceptors (Lipinski definition) is 5. The second-order valence-electron chi connectivity index (χ2n) is 5.29. The van der Waals surface area contributed by atoms with Crippen LogP contribution in [0.2, 0.25) is 5.02 Å². The Morgan fingerprint density at radius 3 is 2.54 bits per heavy atom. The minimum absolute atomic E-state index is 0.0933. The number of hydrogen-bond donors (Lipinski definition) is 2. The van der Waals surface area contributed by atoms with Gasteiger partial charge in [-0.15, -0.1) is 0 Å². The molecule has 0 aromatic heterocycles. The second-order valence-corrected chi connectivity index (χ2v) is 5.73. The van der Waals surface area contributed by atoms with Crippen molar-refractivity contribution >= 4 is 28.9 Å². The van der Waals surface area contributed by atoms with Crippen molar-refractivity contribution in [3.63, 3.8) is 0 Å². The number of nitrogens with one attached hydrogen (secondary N) is 2. The summed E-state index contributed by atoms with van der Waals surface area (Å²) in [6.07, 6.45) is 1.35. The van der Waals surface area contributed by atoms with Gasteiger partial charge < -0.3 is 20.1 Å². The van der Waals surface area contributed by atoms with E-state index in [2.05, 4.69) is 10.6 Å². The maximum atomic E-state index is 12.4. The highest BCUT2D eigenvalue weighted by molar-refractivity contribution is 6.30. The van der Waals surface area contributed by atoms with Crippen LogP contribution in [0.15, 0.2) is 48.2 Å². The molecule has 2 rings (SSSR count). The second kappa shape index (κ2) is 8.79. The average Bonchev–Trinajstić information content (AvgIpc) is 2.63. The van der Waals surface area contributed by atoms with Gasteiger partial charge in [-0.3, -0.25) is 4.79 Å². The number of rotatable bonds is 6. The molecular formula is C19H18ClN3O3. The number of ether oxygens (including phenoxy) is 2. The molecule has 26 heavy (non-hydrogen) atoms. The molecule has 0 atom stereocenters. The zero-order valence-electron chi connectivity index (χ0n) is 14.6. The number of amides is 1. The summed E-state index contributed by atoms with van der Waals surface area (Å²) in [4.78, 5) is 12.4. The van der Waals surface area contributed by atoms with Gasteiger partial charge in [-0.1, -0.05) is 11.6 Å². The fraction of sp³-hybridized carbons (Fsp3) is 0.158. The SMILES string of the molecule is COc1ccc(OC)c(NC(=O)/C(C#N)=C\Nc2ccc(Cl)cc2C)c1. The monoisotopic (exact) mass is 371 g/mol. The largest absolute Gasteiger partial charge is 0.497 e. The Hall–Kier alpha value is -3.17. The fourth-order valence-electron chi connectivity index (χ4n) is 2.19. The first-order valence-electron chi connectivity index (χ1n) is 7.64. The molecule has 0 aliphatic carbocycles. The number of halogens is 1. The van der Waals surface area contributed by atoms with Gasteiger partial charge in [0, 0.05) is 23.0 Å². The third-order valence-electron chi connectivity index (χ3n) is 3.58. The normalized spacial score (nSPS) is 10.7. The summed E-state index contributed by atoms with van der Waals surface area (Å²) in [7, 11) is 3.01. The zero-order chi connectivity index (χ0) is 19.1. The van der Waals surface area contributed by atoms with E-state index >= 15 is 0 Å². The summed E-state index contributed by atoms with van der Waals surface area (Å²) >= 11 is 5.92. The summed E-state index contributed by atoms with van der Waals surface area (Å²) < 4.78 is 10.4. The van der Waals surface area contributed by atoms with Crippen molar-refractivity contribution in [1.82, 2.24) is 0 Å². The summed E-state index contributed by atoms with van der Waals surface area (Å²) in [5.74, 6) is 0.439. The number of methoxy groups -OCH3 is 2. The number of nitriles is 1. The number of anilines is 2. The predicted octanol–water partition coefficient (Wildman–Crippen LogP) is 4.12. The van der Waals surface area contributed by atoms with Crippen molar-refractivity contribution in [2.24, 2.45) is 0 Å². The van der Waals surface area contributed by atoms with Gasteiger partial charge in [0.05, 0.1) is 19.9 Å². The molecule has 0 aliphatic heterocycles. The lowest BCUT2D eigenvalue weighted by Crippen LogP contribution is -2.15. The molecule has 0 spiro atoms. The van der Waals surface area contributed by atoms with Crippen LogP contribution in [0.1, 0.15) is 5.56 Å². The molecule has 0 radical (unpaired) electrons. The van der Waals surface area contributed by atoms with Gasteiger partial charge >= 0.3 is 0 Å². The maximum Gasteiger partial charge on any atom is 0.267 e. The summed E-state index contributed by atoms with van der Waals surface area (Å²) in [5, 5.41) is 15.5. The number of aryl methyl sites for hydroxylation is 1. The molecule has 0 unspecified atom stereocenters.